The molecule has 0 bridgehead atoms. The Hall–Kier alpha value is -2.87. The van der Waals surface area contributed by atoms with Gasteiger partial charge in [0.2, 0.25) is 5.91 Å². The Morgan fingerprint density at radius 1 is 0.852 bits per heavy atom. The first-order valence-electron chi connectivity index (χ1n) is 9.70. The first-order valence-corrected chi connectivity index (χ1v) is 9.70. The zero-order valence-corrected chi connectivity index (χ0v) is 16.0. The molecular formula is C25H25NO. The van der Waals surface area contributed by atoms with Gasteiger partial charge < -0.3 is 5.32 Å². The maximum absolute atomic E-state index is 13.6. The molecule has 136 valence electrons. The summed E-state index contributed by atoms with van der Waals surface area (Å²) >= 11 is 0. The van der Waals surface area contributed by atoms with Gasteiger partial charge in [-0.15, -0.1) is 0 Å². The maximum Gasteiger partial charge on any atom is 0.235 e. The van der Waals surface area contributed by atoms with E-state index in [0.717, 1.165) is 29.5 Å². The Labute approximate surface area is 161 Å². The molecule has 0 atom stereocenters. The molecule has 0 radical (unpaired) electrons. The molecule has 0 heterocycles. The summed E-state index contributed by atoms with van der Waals surface area (Å²) in [4.78, 5) is 13.6. The molecule has 0 spiro atoms. The van der Waals surface area contributed by atoms with Gasteiger partial charge in [-0.25, -0.2) is 0 Å². The molecule has 0 saturated carbocycles. The second kappa shape index (κ2) is 7.03. The van der Waals surface area contributed by atoms with Crippen molar-refractivity contribution >= 4 is 5.91 Å². The number of benzene rings is 3. The number of nitrogens with one attached hydrogen (secondary N) is 1. The van der Waals surface area contributed by atoms with Crippen LogP contribution in [-0.4, -0.2) is 5.91 Å². The van der Waals surface area contributed by atoms with Gasteiger partial charge in [0.25, 0.3) is 0 Å². The zero-order valence-electron chi connectivity index (χ0n) is 16.0. The molecule has 3 aromatic carbocycles. The van der Waals surface area contributed by atoms with Crippen LogP contribution in [-0.2, 0) is 16.8 Å². The summed E-state index contributed by atoms with van der Waals surface area (Å²) in [6, 6.07) is 25.1. The quantitative estimate of drug-likeness (QED) is 0.654. The number of aryl methyl sites for hydroxylation is 1. The van der Waals surface area contributed by atoms with Crippen LogP contribution in [0.2, 0.25) is 0 Å². The molecule has 1 aliphatic rings. The van der Waals surface area contributed by atoms with E-state index in [1.165, 1.54) is 16.7 Å². The fourth-order valence-corrected chi connectivity index (χ4v) is 4.37. The summed E-state index contributed by atoms with van der Waals surface area (Å²) in [5.41, 5.74) is 6.39. The lowest BCUT2D eigenvalue weighted by atomic mass is 9.73. The summed E-state index contributed by atoms with van der Waals surface area (Å²) < 4.78 is 0. The highest BCUT2D eigenvalue weighted by Crippen LogP contribution is 2.51. The maximum atomic E-state index is 13.6. The molecule has 0 saturated heterocycles. The normalized spacial score (nSPS) is 13.7. The molecule has 0 aliphatic heterocycles. The molecule has 2 nitrogen and oxygen atoms in total. The molecule has 0 fully saturated rings. The van der Waals surface area contributed by atoms with Crippen LogP contribution in [0.25, 0.3) is 11.1 Å². The van der Waals surface area contributed by atoms with Crippen molar-refractivity contribution in [3.63, 3.8) is 0 Å². The Morgan fingerprint density at radius 2 is 1.41 bits per heavy atom. The fraction of sp³-hybridized carbons (Fsp3) is 0.240. The molecule has 2 heteroatoms. The van der Waals surface area contributed by atoms with Crippen LogP contribution in [0.3, 0.4) is 0 Å². The highest BCUT2D eigenvalue weighted by atomic mass is 16.2. The van der Waals surface area contributed by atoms with Crippen LogP contribution in [0, 0.1) is 6.92 Å². The van der Waals surface area contributed by atoms with E-state index in [4.69, 9.17) is 0 Å². The second-order valence-corrected chi connectivity index (χ2v) is 7.41. The lowest BCUT2D eigenvalue weighted by Crippen LogP contribution is -2.43. The van der Waals surface area contributed by atoms with Gasteiger partial charge in [-0.2, -0.15) is 0 Å². The second-order valence-electron chi connectivity index (χ2n) is 7.41. The van der Waals surface area contributed by atoms with Crippen molar-refractivity contribution in [2.24, 2.45) is 0 Å². The van der Waals surface area contributed by atoms with Crippen LogP contribution in [0.15, 0.2) is 72.8 Å². The van der Waals surface area contributed by atoms with E-state index in [0.29, 0.717) is 6.54 Å². The van der Waals surface area contributed by atoms with Gasteiger partial charge in [0.15, 0.2) is 0 Å². The fourth-order valence-electron chi connectivity index (χ4n) is 4.37. The first kappa shape index (κ1) is 17.5. The van der Waals surface area contributed by atoms with Crippen molar-refractivity contribution in [3.8, 4) is 11.1 Å². The van der Waals surface area contributed by atoms with Gasteiger partial charge >= 0.3 is 0 Å². The third kappa shape index (κ3) is 2.86. The van der Waals surface area contributed by atoms with Crippen LogP contribution in [0.1, 0.15) is 42.0 Å². The van der Waals surface area contributed by atoms with Gasteiger partial charge in [0, 0.05) is 6.54 Å². The van der Waals surface area contributed by atoms with Crippen molar-refractivity contribution in [2.45, 2.75) is 38.6 Å². The standard InChI is InChI=1S/C25H25NO/c1-3-16-25(24(27)26-17-19-14-12-18(2)13-15-19)22-10-6-4-8-20(22)21-9-5-7-11-23(21)25/h4-15H,3,16-17H2,1-2H3,(H,26,27). The number of amides is 1. The van der Waals surface area contributed by atoms with E-state index in [1.54, 1.807) is 0 Å². The number of hydrogen-bond donors (Lipinski definition) is 1. The van der Waals surface area contributed by atoms with E-state index in [9.17, 15) is 4.79 Å². The zero-order chi connectivity index (χ0) is 18.9. The van der Waals surface area contributed by atoms with E-state index in [2.05, 4.69) is 79.8 Å². The molecule has 0 unspecified atom stereocenters. The van der Waals surface area contributed by atoms with Crippen LogP contribution in [0.5, 0.6) is 0 Å². The monoisotopic (exact) mass is 355 g/mol. The van der Waals surface area contributed by atoms with Crippen molar-refractivity contribution in [2.75, 3.05) is 0 Å². The molecule has 1 amide bonds. The summed E-state index contributed by atoms with van der Waals surface area (Å²) in [5, 5.41) is 3.23. The summed E-state index contributed by atoms with van der Waals surface area (Å²) in [6.45, 7) is 4.78. The molecule has 27 heavy (non-hydrogen) atoms. The summed E-state index contributed by atoms with van der Waals surface area (Å²) in [5.74, 6) is 0.0994. The lowest BCUT2D eigenvalue weighted by Gasteiger charge is -2.30. The minimum Gasteiger partial charge on any atom is -0.351 e. The highest BCUT2D eigenvalue weighted by molar-refractivity contribution is 6.00. The highest BCUT2D eigenvalue weighted by Gasteiger charge is 2.47. The van der Waals surface area contributed by atoms with Gasteiger partial charge in [-0.3, -0.25) is 4.79 Å². The average Bonchev–Trinajstić information content (AvgIpc) is 2.99. The van der Waals surface area contributed by atoms with Gasteiger partial charge in [0.05, 0.1) is 0 Å². The topological polar surface area (TPSA) is 29.1 Å². The number of rotatable bonds is 5. The number of carbonyl (C=O) groups excluding carboxylic acids is 1. The Kier molecular flexibility index (Phi) is 4.57. The van der Waals surface area contributed by atoms with Gasteiger partial charge in [-0.05, 0) is 41.2 Å². The van der Waals surface area contributed by atoms with E-state index in [1.807, 2.05) is 12.1 Å². The van der Waals surface area contributed by atoms with E-state index in [-0.39, 0.29) is 5.91 Å². The van der Waals surface area contributed by atoms with Crippen molar-refractivity contribution < 1.29 is 4.79 Å². The van der Waals surface area contributed by atoms with E-state index >= 15 is 0 Å². The Balaban J connectivity index is 1.74. The van der Waals surface area contributed by atoms with Crippen LogP contribution >= 0.6 is 0 Å². The molecular weight excluding hydrogens is 330 g/mol. The Morgan fingerprint density at radius 3 is 1.96 bits per heavy atom. The van der Waals surface area contributed by atoms with Crippen molar-refractivity contribution in [3.05, 3.63) is 95.1 Å². The average molecular weight is 355 g/mol. The third-order valence-corrected chi connectivity index (χ3v) is 5.65. The third-order valence-electron chi connectivity index (χ3n) is 5.65. The number of hydrogen-bond acceptors (Lipinski definition) is 1. The predicted octanol–water partition coefficient (Wildman–Crippen LogP) is 5.38. The molecule has 1 N–H and O–H groups in total. The Bertz CT molecular complexity index is 926. The smallest absolute Gasteiger partial charge is 0.235 e. The van der Waals surface area contributed by atoms with E-state index < -0.39 is 5.41 Å². The van der Waals surface area contributed by atoms with Crippen molar-refractivity contribution in [1.82, 2.24) is 5.32 Å². The minimum absolute atomic E-state index is 0.0994. The predicted molar refractivity (Wildman–Crippen MR) is 111 cm³/mol. The summed E-state index contributed by atoms with van der Waals surface area (Å²) in [7, 11) is 0. The molecule has 1 aliphatic carbocycles. The van der Waals surface area contributed by atoms with Crippen molar-refractivity contribution in [1.29, 1.82) is 0 Å². The molecule has 4 rings (SSSR count). The number of fused-ring (bicyclic) bond motifs is 3. The van der Waals surface area contributed by atoms with Crippen LogP contribution < -0.4 is 5.32 Å². The first-order chi connectivity index (χ1) is 13.2. The minimum atomic E-state index is -0.605. The largest absolute Gasteiger partial charge is 0.351 e. The van der Waals surface area contributed by atoms with Gasteiger partial charge in [-0.1, -0.05) is 91.7 Å². The van der Waals surface area contributed by atoms with Gasteiger partial charge in [0.1, 0.15) is 5.41 Å². The molecule has 3 aromatic rings. The lowest BCUT2D eigenvalue weighted by molar-refractivity contribution is -0.125. The van der Waals surface area contributed by atoms with Crippen LogP contribution in [0.4, 0.5) is 0 Å². The number of carbonyl (C=O) groups is 1. The molecule has 0 aromatic heterocycles. The summed E-state index contributed by atoms with van der Waals surface area (Å²) in [6.07, 6.45) is 1.75. The SMILES string of the molecule is CCCC1(C(=O)NCc2ccc(C)cc2)c2ccccc2-c2ccccc21.